The fourth-order valence-corrected chi connectivity index (χ4v) is 3.30. The van der Waals surface area contributed by atoms with Gasteiger partial charge in [0.05, 0.1) is 11.3 Å². The first-order chi connectivity index (χ1) is 9.38. The fraction of sp³-hybridized carbons (Fsp3) is 0.133. The maximum atomic E-state index is 12.4. The molecule has 2 rings (SSSR count). The molecule has 0 bridgehead atoms. The maximum Gasteiger partial charge on any atom is 0.256 e. The van der Waals surface area contributed by atoms with E-state index < -0.39 is 0 Å². The van der Waals surface area contributed by atoms with Crippen molar-refractivity contribution in [2.24, 2.45) is 0 Å². The number of hydrogen-bond acceptors (Lipinski definition) is 1. The van der Waals surface area contributed by atoms with Gasteiger partial charge in [0.2, 0.25) is 0 Å². The number of halogens is 3. The SMILES string of the molecule is Cc1cc(C)c(NC(=O)c2cc(Cl)ccc2Br)c(Br)c1. The number of carbonyl (C=O) groups excluding carboxylic acids is 1. The summed E-state index contributed by atoms with van der Waals surface area (Å²) < 4.78 is 1.57. The maximum absolute atomic E-state index is 12.4. The van der Waals surface area contributed by atoms with E-state index in [1.807, 2.05) is 26.0 Å². The van der Waals surface area contributed by atoms with E-state index in [0.717, 1.165) is 21.3 Å². The van der Waals surface area contributed by atoms with E-state index >= 15 is 0 Å². The van der Waals surface area contributed by atoms with Crippen LogP contribution in [0.1, 0.15) is 21.5 Å². The Bertz CT molecular complexity index is 663. The third-order valence-corrected chi connectivity index (χ3v) is 4.40. The van der Waals surface area contributed by atoms with Crippen LogP contribution in [0.3, 0.4) is 0 Å². The molecule has 2 nitrogen and oxygen atoms in total. The van der Waals surface area contributed by atoms with E-state index in [4.69, 9.17) is 11.6 Å². The highest BCUT2D eigenvalue weighted by Gasteiger charge is 2.14. The van der Waals surface area contributed by atoms with Crippen LogP contribution in [0.5, 0.6) is 0 Å². The minimum atomic E-state index is -0.202. The van der Waals surface area contributed by atoms with Crippen LogP contribution in [0.4, 0.5) is 5.69 Å². The Labute approximate surface area is 139 Å². The molecule has 2 aromatic carbocycles. The lowest BCUT2D eigenvalue weighted by atomic mass is 10.1. The summed E-state index contributed by atoms with van der Waals surface area (Å²) in [7, 11) is 0. The van der Waals surface area contributed by atoms with Crippen LogP contribution in [0.15, 0.2) is 39.3 Å². The molecule has 2 aromatic rings. The van der Waals surface area contributed by atoms with Gasteiger partial charge < -0.3 is 5.32 Å². The Morgan fingerprint density at radius 1 is 1.10 bits per heavy atom. The molecule has 0 saturated carbocycles. The zero-order chi connectivity index (χ0) is 14.9. The highest BCUT2D eigenvalue weighted by Crippen LogP contribution is 2.29. The molecule has 0 saturated heterocycles. The van der Waals surface area contributed by atoms with Gasteiger partial charge in [-0.2, -0.15) is 0 Å². The second kappa shape index (κ2) is 6.29. The zero-order valence-corrected chi connectivity index (χ0v) is 14.9. The Hall–Kier alpha value is -0.840. The number of benzene rings is 2. The van der Waals surface area contributed by atoms with Crippen LogP contribution in [-0.2, 0) is 0 Å². The van der Waals surface area contributed by atoms with Crippen LogP contribution >= 0.6 is 43.5 Å². The van der Waals surface area contributed by atoms with Crippen molar-refractivity contribution in [2.45, 2.75) is 13.8 Å². The van der Waals surface area contributed by atoms with Gasteiger partial charge >= 0.3 is 0 Å². The predicted octanol–water partition coefficient (Wildman–Crippen LogP) is 5.73. The van der Waals surface area contributed by atoms with Crippen molar-refractivity contribution in [3.05, 3.63) is 61.0 Å². The predicted molar refractivity (Wildman–Crippen MR) is 90.7 cm³/mol. The van der Waals surface area contributed by atoms with E-state index in [1.54, 1.807) is 18.2 Å². The number of nitrogens with one attached hydrogen (secondary N) is 1. The molecule has 20 heavy (non-hydrogen) atoms. The van der Waals surface area contributed by atoms with Crippen LogP contribution in [0.2, 0.25) is 5.02 Å². The fourth-order valence-electron chi connectivity index (χ4n) is 1.93. The number of carbonyl (C=O) groups is 1. The molecule has 0 unspecified atom stereocenters. The van der Waals surface area contributed by atoms with Crippen LogP contribution in [0, 0.1) is 13.8 Å². The molecule has 0 spiro atoms. The molecule has 0 radical (unpaired) electrons. The Kier molecular flexibility index (Phi) is 4.89. The highest BCUT2D eigenvalue weighted by atomic mass is 79.9. The van der Waals surface area contributed by atoms with E-state index in [0.29, 0.717) is 15.1 Å². The van der Waals surface area contributed by atoms with E-state index in [2.05, 4.69) is 37.2 Å². The van der Waals surface area contributed by atoms with Gasteiger partial charge in [-0.3, -0.25) is 4.79 Å². The van der Waals surface area contributed by atoms with Crippen molar-refractivity contribution in [1.82, 2.24) is 0 Å². The average molecular weight is 418 g/mol. The number of rotatable bonds is 2. The van der Waals surface area contributed by atoms with Crippen molar-refractivity contribution < 1.29 is 4.79 Å². The smallest absolute Gasteiger partial charge is 0.256 e. The van der Waals surface area contributed by atoms with Gasteiger partial charge in [0.25, 0.3) is 5.91 Å². The first-order valence-electron chi connectivity index (χ1n) is 5.91. The topological polar surface area (TPSA) is 29.1 Å². The lowest BCUT2D eigenvalue weighted by molar-refractivity contribution is 0.102. The summed E-state index contributed by atoms with van der Waals surface area (Å²) in [5, 5.41) is 3.44. The van der Waals surface area contributed by atoms with Crippen molar-refractivity contribution >= 4 is 55.1 Å². The summed E-state index contributed by atoms with van der Waals surface area (Å²) in [5.41, 5.74) is 3.41. The van der Waals surface area contributed by atoms with Gasteiger partial charge in [0, 0.05) is 14.0 Å². The summed E-state index contributed by atoms with van der Waals surface area (Å²) in [6, 6.07) is 9.12. The second-order valence-electron chi connectivity index (χ2n) is 4.52. The second-order valence-corrected chi connectivity index (χ2v) is 6.66. The van der Waals surface area contributed by atoms with Gasteiger partial charge in [-0.1, -0.05) is 17.7 Å². The Morgan fingerprint density at radius 3 is 2.45 bits per heavy atom. The molecule has 0 fully saturated rings. The van der Waals surface area contributed by atoms with Gasteiger partial charge in [-0.05, 0) is 81.1 Å². The molecule has 1 amide bonds. The number of anilines is 1. The molecule has 0 atom stereocenters. The van der Waals surface area contributed by atoms with Crippen LogP contribution in [0.25, 0.3) is 0 Å². The monoisotopic (exact) mass is 415 g/mol. The van der Waals surface area contributed by atoms with E-state index in [1.165, 1.54) is 0 Å². The summed E-state index contributed by atoms with van der Waals surface area (Å²) >= 11 is 12.8. The standard InChI is InChI=1S/C15H12Br2ClNO/c1-8-5-9(2)14(13(17)6-8)19-15(20)11-7-10(18)3-4-12(11)16/h3-7H,1-2H3,(H,19,20). The first kappa shape index (κ1) is 15.5. The lowest BCUT2D eigenvalue weighted by Crippen LogP contribution is -2.14. The third kappa shape index (κ3) is 3.43. The normalized spacial score (nSPS) is 10.4. The molecule has 0 aliphatic rings. The minimum absolute atomic E-state index is 0.202. The lowest BCUT2D eigenvalue weighted by Gasteiger charge is -2.12. The van der Waals surface area contributed by atoms with Gasteiger partial charge in [0.15, 0.2) is 0 Å². The molecule has 104 valence electrons. The molecule has 0 heterocycles. The molecular formula is C15H12Br2ClNO. The van der Waals surface area contributed by atoms with Gasteiger partial charge in [-0.15, -0.1) is 0 Å². The Balaban J connectivity index is 2.35. The number of aryl methyl sites for hydroxylation is 2. The summed E-state index contributed by atoms with van der Waals surface area (Å²) in [4.78, 5) is 12.4. The summed E-state index contributed by atoms with van der Waals surface area (Å²) in [5.74, 6) is -0.202. The van der Waals surface area contributed by atoms with Crippen molar-refractivity contribution in [2.75, 3.05) is 5.32 Å². The summed E-state index contributed by atoms with van der Waals surface area (Å²) in [6.07, 6.45) is 0. The van der Waals surface area contributed by atoms with Crippen LogP contribution < -0.4 is 5.32 Å². The van der Waals surface area contributed by atoms with Gasteiger partial charge in [-0.25, -0.2) is 0 Å². The zero-order valence-electron chi connectivity index (χ0n) is 10.9. The average Bonchev–Trinajstić information content (AvgIpc) is 2.36. The molecular weight excluding hydrogens is 405 g/mol. The largest absolute Gasteiger partial charge is 0.321 e. The minimum Gasteiger partial charge on any atom is -0.321 e. The molecule has 0 aliphatic heterocycles. The van der Waals surface area contributed by atoms with Gasteiger partial charge in [0.1, 0.15) is 0 Å². The molecule has 0 aromatic heterocycles. The highest BCUT2D eigenvalue weighted by molar-refractivity contribution is 9.11. The third-order valence-electron chi connectivity index (χ3n) is 2.84. The molecule has 0 aliphatic carbocycles. The summed E-state index contributed by atoms with van der Waals surface area (Å²) in [6.45, 7) is 3.97. The van der Waals surface area contributed by atoms with E-state index in [-0.39, 0.29) is 5.91 Å². The number of hydrogen-bond donors (Lipinski definition) is 1. The van der Waals surface area contributed by atoms with Crippen LogP contribution in [-0.4, -0.2) is 5.91 Å². The van der Waals surface area contributed by atoms with Crippen molar-refractivity contribution in [3.8, 4) is 0 Å². The van der Waals surface area contributed by atoms with E-state index in [9.17, 15) is 4.79 Å². The quantitative estimate of drug-likeness (QED) is 0.664. The van der Waals surface area contributed by atoms with Crippen molar-refractivity contribution in [1.29, 1.82) is 0 Å². The van der Waals surface area contributed by atoms with Crippen molar-refractivity contribution in [3.63, 3.8) is 0 Å². The first-order valence-corrected chi connectivity index (χ1v) is 7.88. The Morgan fingerprint density at radius 2 is 1.80 bits per heavy atom. The number of amides is 1. The molecule has 5 heteroatoms. The molecule has 1 N–H and O–H groups in total.